The standard InChI is InChI=1S/C20H22O5/c1-12-10-11-14(17(22)23)15(19(2,3)4)20(12,18(24)25)16(21)13-8-6-5-7-9-13/h5-11,15H,1-4H3,(H,22,23)(H,24,25). The number of carboxylic acids is 2. The van der Waals surface area contributed by atoms with E-state index in [4.69, 9.17) is 0 Å². The average Bonchev–Trinajstić information content (AvgIpc) is 2.53. The maximum atomic E-state index is 13.4. The summed E-state index contributed by atoms with van der Waals surface area (Å²) in [6.07, 6.45) is 2.84. The largest absolute Gasteiger partial charge is 0.480 e. The van der Waals surface area contributed by atoms with Crippen LogP contribution in [-0.2, 0) is 9.59 Å². The molecule has 0 aromatic heterocycles. The highest BCUT2D eigenvalue weighted by molar-refractivity contribution is 6.16. The molecule has 2 rings (SSSR count). The van der Waals surface area contributed by atoms with Crippen LogP contribution in [0.2, 0.25) is 0 Å². The first-order valence-electron chi connectivity index (χ1n) is 8.00. The van der Waals surface area contributed by atoms with Crippen LogP contribution in [0.5, 0.6) is 0 Å². The highest BCUT2D eigenvalue weighted by Crippen LogP contribution is 2.53. The van der Waals surface area contributed by atoms with E-state index in [9.17, 15) is 24.6 Å². The average molecular weight is 342 g/mol. The molecule has 0 saturated heterocycles. The monoisotopic (exact) mass is 342 g/mol. The Labute approximate surface area is 146 Å². The van der Waals surface area contributed by atoms with Gasteiger partial charge in [-0.15, -0.1) is 0 Å². The second-order valence-electron chi connectivity index (χ2n) is 7.38. The first kappa shape index (κ1) is 18.6. The molecule has 0 bridgehead atoms. The molecule has 0 saturated carbocycles. The van der Waals surface area contributed by atoms with Gasteiger partial charge in [0.05, 0.1) is 0 Å². The third-order valence-electron chi connectivity index (χ3n) is 4.72. The highest BCUT2D eigenvalue weighted by atomic mass is 16.4. The molecule has 0 spiro atoms. The summed E-state index contributed by atoms with van der Waals surface area (Å²) in [6.45, 7) is 6.83. The molecule has 5 nitrogen and oxygen atoms in total. The van der Waals surface area contributed by atoms with Crippen LogP contribution in [0.25, 0.3) is 0 Å². The first-order valence-corrected chi connectivity index (χ1v) is 8.00. The van der Waals surface area contributed by atoms with Crippen LogP contribution in [0.3, 0.4) is 0 Å². The van der Waals surface area contributed by atoms with Crippen LogP contribution in [0.15, 0.2) is 53.6 Å². The van der Waals surface area contributed by atoms with Gasteiger partial charge in [0, 0.05) is 17.1 Å². The number of benzene rings is 1. The maximum Gasteiger partial charge on any atom is 0.331 e. The second kappa shape index (κ2) is 6.31. The van der Waals surface area contributed by atoms with E-state index in [1.807, 2.05) is 0 Å². The van der Waals surface area contributed by atoms with Crippen LogP contribution in [0.4, 0.5) is 0 Å². The fourth-order valence-electron chi connectivity index (χ4n) is 3.73. The van der Waals surface area contributed by atoms with Crippen LogP contribution < -0.4 is 0 Å². The number of aliphatic carboxylic acids is 2. The van der Waals surface area contributed by atoms with Gasteiger partial charge in [0.2, 0.25) is 0 Å². The van der Waals surface area contributed by atoms with Gasteiger partial charge in [0.1, 0.15) is 0 Å². The smallest absolute Gasteiger partial charge is 0.331 e. The summed E-state index contributed by atoms with van der Waals surface area (Å²) < 4.78 is 0. The van der Waals surface area contributed by atoms with Crippen LogP contribution in [-0.4, -0.2) is 27.9 Å². The van der Waals surface area contributed by atoms with Crippen molar-refractivity contribution in [3.63, 3.8) is 0 Å². The molecule has 0 aliphatic heterocycles. The summed E-state index contributed by atoms with van der Waals surface area (Å²) in [5.74, 6) is -4.15. The Morgan fingerprint density at radius 1 is 1.00 bits per heavy atom. The number of ketones is 1. The second-order valence-corrected chi connectivity index (χ2v) is 7.38. The molecular formula is C20H22O5. The van der Waals surface area contributed by atoms with Crippen molar-refractivity contribution in [1.29, 1.82) is 0 Å². The molecule has 25 heavy (non-hydrogen) atoms. The summed E-state index contributed by atoms with van der Waals surface area (Å²) in [4.78, 5) is 37.6. The zero-order valence-corrected chi connectivity index (χ0v) is 14.7. The number of hydrogen-bond acceptors (Lipinski definition) is 3. The minimum absolute atomic E-state index is 0.0650. The molecule has 0 radical (unpaired) electrons. The molecule has 2 unspecified atom stereocenters. The van der Waals surface area contributed by atoms with Crippen molar-refractivity contribution in [3.8, 4) is 0 Å². The van der Waals surface area contributed by atoms with E-state index in [1.54, 1.807) is 58.0 Å². The third-order valence-corrected chi connectivity index (χ3v) is 4.72. The SMILES string of the molecule is CC1=CC=C(C(=O)O)C(C(C)(C)C)C1(C(=O)O)C(=O)c1ccccc1. The van der Waals surface area contributed by atoms with E-state index in [0.717, 1.165) is 0 Å². The van der Waals surface area contributed by atoms with Crippen molar-refractivity contribution >= 4 is 17.7 Å². The molecule has 2 atom stereocenters. The number of Topliss-reactive ketones (excluding diaryl/α,β-unsaturated/α-hetero) is 1. The Morgan fingerprint density at radius 2 is 1.56 bits per heavy atom. The quantitative estimate of drug-likeness (QED) is 0.644. The number of carboxylic acid groups (broad SMARTS) is 2. The van der Waals surface area contributed by atoms with Crippen molar-refractivity contribution in [1.82, 2.24) is 0 Å². The summed E-state index contributed by atoms with van der Waals surface area (Å²) in [7, 11) is 0. The predicted octanol–water partition coefficient (Wildman–Crippen LogP) is 3.57. The minimum Gasteiger partial charge on any atom is -0.480 e. The van der Waals surface area contributed by atoms with Gasteiger partial charge in [-0.3, -0.25) is 9.59 Å². The third kappa shape index (κ3) is 2.90. The van der Waals surface area contributed by atoms with Crippen molar-refractivity contribution < 1.29 is 24.6 Å². The van der Waals surface area contributed by atoms with Gasteiger partial charge in [0.25, 0.3) is 0 Å². The zero-order valence-electron chi connectivity index (χ0n) is 14.7. The van der Waals surface area contributed by atoms with Crippen molar-refractivity contribution in [2.45, 2.75) is 27.7 Å². The lowest BCUT2D eigenvalue weighted by Crippen LogP contribution is -2.53. The van der Waals surface area contributed by atoms with E-state index >= 15 is 0 Å². The lowest BCUT2D eigenvalue weighted by molar-refractivity contribution is -0.148. The molecule has 0 amide bonds. The van der Waals surface area contributed by atoms with E-state index in [0.29, 0.717) is 5.57 Å². The Kier molecular flexibility index (Phi) is 4.71. The Bertz CT molecular complexity index is 780. The van der Waals surface area contributed by atoms with Crippen molar-refractivity contribution in [2.75, 3.05) is 0 Å². The Morgan fingerprint density at radius 3 is 2.00 bits per heavy atom. The van der Waals surface area contributed by atoms with Crippen molar-refractivity contribution in [2.24, 2.45) is 16.7 Å². The van der Waals surface area contributed by atoms with E-state index in [1.165, 1.54) is 12.2 Å². The number of rotatable bonds is 4. The summed E-state index contributed by atoms with van der Waals surface area (Å²) in [5.41, 5.74) is -2.20. The molecule has 0 heterocycles. The Hall–Kier alpha value is -2.69. The number of hydrogen-bond donors (Lipinski definition) is 2. The van der Waals surface area contributed by atoms with Gasteiger partial charge in [-0.1, -0.05) is 63.3 Å². The van der Waals surface area contributed by atoms with Crippen LogP contribution in [0.1, 0.15) is 38.1 Å². The van der Waals surface area contributed by atoms with Crippen LogP contribution >= 0.6 is 0 Å². The molecule has 1 aliphatic rings. The summed E-state index contributed by atoms with van der Waals surface area (Å²) in [6, 6.07) is 8.16. The number of carbonyl (C=O) groups is 3. The number of carbonyl (C=O) groups excluding carboxylic acids is 1. The maximum absolute atomic E-state index is 13.4. The van der Waals surface area contributed by atoms with Gasteiger partial charge in [-0.25, -0.2) is 4.79 Å². The van der Waals surface area contributed by atoms with Gasteiger partial charge in [0.15, 0.2) is 11.2 Å². The molecule has 0 fully saturated rings. The number of allylic oxidation sites excluding steroid dienone is 2. The molecule has 1 aliphatic carbocycles. The minimum atomic E-state index is -1.96. The molecular weight excluding hydrogens is 320 g/mol. The fourth-order valence-corrected chi connectivity index (χ4v) is 3.73. The Balaban J connectivity index is 2.83. The molecule has 1 aromatic carbocycles. The summed E-state index contributed by atoms with van der Waals surface area (Å²) in [5, 5.41) is 19.8. The van der Waals surface area contributed by atoms with E-state index in [-0.39, 0.29) is 11.1 Å². The fraction of sp³-hybridized carbons (Fsp3) is 0.350. The first-order chi connectivity index (χ1) is 11.5. The van der Waals surface area contributed by atoms with E-state index < -0.39 is 34.5 Å². The summed E-state index contributed by atoms with van der Waals surface area (Å²) >= 11 is 0. The lowest BCUT2D eigenvalue weighted by atomic mass is 9.54. The predicted molar refractivity (Wildman–Crippen MR) is 93.3 cm³/mol. The zero-order chi connectivity index (χ0) is 19.0. The topological polar surface area (TPSA) is 91.7 Å². The lowest BCUT2D eigenvalue weighted by Gasteiger charge is -2.45. The molecule has 5 heteroatoms. The van der Waals surface area contributed by atoms with Gasteiger partial charge in [-0.2, -0.15) is 0 Å². The van der Waals surface area contributed by atoms with E-state index in [2.05, 4.69) is 0 Å². The van der Waals surface area contributed by atoms with Crippen molar-refractivity contribution in [3.05, 3.63) is 59.2 Å². The molecule has 2 N–H and O–H groups in total. The van der Waals surface area contributed by atoms with Gasteiger partial charge in [-0.05, 0) is 17.9 Å². The normalized spacial score (nSPS) is 23.4. The van der Waals surface area contributed by atoms with Gasteiger partial charge >= 0.3 is 11.9 Å². The molecule has 1 aromatic rings. The molecule has 132 valence electrons. The van der Waals surface area contributed by atoms with Gasteiger partial charge < -0.3 is 10.2 Å². The highest BCUT2D eigenvalue weighted by Gasteiger charge is 2.60. The van der Waals surface area contributed by atoms with Crippen LogP contribution in [0, 0.1) is 16.7 Å².